The average molecular weight is 489 g/mol. The lowest BCUT2D eigenvalue weighted by Crippen LogP contribution is -2.47. The van der Waals surface area contributed by atoms with E-state index in [2.05, 4.69) is 34.4 Å². The van der Waals surface area contributed by atoms with Gasteiger partial charge in [-0.3, -0.25) is 14.5 Å². The zero-order valence-electron chi connectivity index (χ0n) is 20.9. The van der Waals surface area contributed by atoms with E-state index < -0.39 is 6.04 Å². The molecule has 0 bridgehead atoms. The van der Waals surface area contributed by atoms with Gasteiger partial charge in [0.15, 0.2) is 5.13 Å². The van der Waals surface area contributed by atoms with Crippen LogP contribution in [0.25, 0.3) is 0 Å². The summed E-state index contributed by atoms with van der Waals surface area (Å²) < 4.78 is 10.5. The van der Waals surface area contributed by atoms with Gasteiger partial charge in [0.25, 0.3) is 5.91 Å². The van der Waals surface area contributed by atoms with Gasteiger partial charge in [0.05, 0.1) is 19.9 Å². The molecule has 1 aromatic carbocycles. The number of rotatable bonds is 9. The number of hydrogen-bond donors (Lipinski definition) is 2. The molecule has 2 aromatic rings. The van der Waals surface area contributed by atoms with E-state index in [0.717, 1.165) is 25.3 Å². The molecule has 2 N–H and O–H groups in total. The molecule has 34 heavy (non-hydrogen) atoms. The zero-order valence-corrected chi connectivity index (χ0v) is 21.7. The van der Waals surface area contributed by atoms with Crippen LogP contribution in [0.3, 0.4) is 0 Å². The molecule has 1 fully saturated rings. The third kappa shape index (κ3) is 6.93. The molecule has 2 amide bonds. The summed E-state index contributed by atoms with van der Waals surface area (Å²) >= 11 is 1.41. The fraction of sp³-hybridized carbons (Fsp3) is 0.560. The summed E-state index contributed by atoms with van der Waals surface area (Å²) in [6.07, 6.45) is 1.26. The van der Waals surface area contributed by atoms with Gasteiger partial charge < -0.3 is 20.1 Å². The van der Waals surface area contributed by atoms with Crippen molar-refractivity contribution in [2.24, 2.45) is 17.8 Å². The molecule has 0 aliphatic carbocycles. The summed E-state index contributed by atoms with van der Waals surface area (Å²) in [5.74, 6) is 1.58. The minimum absolute atomic E-state index is 0.118. The number of thiazole rings is 1. The van der Waals surface area contributed by atoms with Crippen LogP contribution >= 0.6 is 11.3 Å². The third-order valence-electron chi connectivity index (χ3n) is 5.96. The second kappa shape index (κ2) is 11.7. The molecule has 1 aliphatic rings. The van der Waals surface area contributed by atoms with Crippen molar-refractivity contribution in [1.82, 2.24) is 15.2 Å². The van der Waals surface area contributed by atoms with Crippen LogP contribution in [-0.4, -0.2) is 55.0 Å². The molecule has 0 spiro atoms. The number of anilines is 1. The predicted molar refractivity (Wildman–Crippen MR) is 135 cm³/mol. The van der Waals surface area contributed by atoms with Crippen molar-refractivity contribution in [3.05, 3.63) is 34.8 Å². The Morgan fingerprint density at radius 3 is 2.29 bits per heavy atom. The first-order valence-corrected chi connectivity index (χ1v) is 12.6. The highest BCUT2D eigenvalue weighted by Crippen LogP contribution is 2.25. The van der Waals surface area contributed by atoms with E-state index >= 15 is 0 Å². The van der Waals surface area contributed by atoms with E-state index in [9.17, 15) is 9.59 Å². The summed E-state index contributed by atoms with van der Waals surface area (Å²) in [7, 11) is 3.05. The molecule has 9 heteroatoms. The van der Waals surface area contributed by atoms with E-state index in [-0.39, 0.29) is 17.7 Å². The summed E-state index contributed by atoms with van der Waals surface area (Å²) in [4.78, 5) is 33.0. The average Bonchev–Trinajstić information content (AvgIpc) is 3.22. The Bertz CT molecular complexity index is 961. The van der Waals surface area contributed by atoms with Gasteiger partial charge in [-0.15, -0.1) is 11.3 Å². The number of amides is 2. The van der Waals surface area contributed by atoms with Gasteiger partial charge in [-0.2, -0.15) is 0 Å². The van der Waals surface area contributed by atoms with E-state index in [1.165, 1.54) is 32.0 Å². The predicted octanol–water partition coefficient (Wildman–Crippen LogP) is 4.03. The lowest BCUT2D eigenvalue weighted by molar-refractivity contribution is -0.118. The number of aromatic nitrogens is 1. The first-order chi connectivity index (χ1) is 16.2. The largest absolute Gasteiger partial charge is 0.497 e. The highest BCUT2D eigenvalue weighted by atomic mass is 32.1. The van der Waals surface area contributed by atoms with E-state index in [1.807, 2.05) is 19.2 Å². The van der Waals surface area contributed by atoms with Crippen molar-refractivity contribution < 1.29 is 19.1 Å². The Morgan fingerprint density at radius 1 is 1.12 bits per heavy atom. The van der Waals surface area contributed by atoms with Crippen molar-refractivity contribution >= 4 is 28.3 Å². The van der Waals surface area contributed by atoms with Crippen molar-refractivity contribution in [2.45, 2.75) is 46.7 Å². The highest BCUT2D eigenvalue weighted by Gasteiger charge is 2.27. The lowest BCUT2D eigenvalue weighted by atomic mass is 9.92. The number of ether oxygens (including phenoxy) is 2. The highest BCUT2D eigenvalue weighted by molar-refractivity contribution is 7.13. The van der Waals surface area contributed by atoms with Crippen molar-refractivity contribution in [2.75, 3.05) is 32.6 Å². The van der Waals surface area contributed by atoms with Gasteiger partial charge in [0, 0.05) is 36.6 Å². The molecule has 0 saturated carbocycles. The Hall–Kier alpha value is -2.65. The molecule has 1 aromatic heterocycles. The zero-order chi connectivity index (χ0) is 24.8. The number of methoxy groups -OCH3 is 2. The van der Waals surface area contributed by atoms with Gasteiger partial charge in [0.1, 0.15) is 17.5 Å². The summed E-state index contributed by atoms with van der Waals surface area (Å²) in [5.41, 5.74) is 1.31. The standard InChI is InChI=1S/C25H36N4O4S/c1-15(2)22(27-23(30)18-8-20(32-5)10-21(9-18)33-6)24(31)28-25-26-19(14-34-25)13-29-11-16(3)7-17(4)12-29/h8-10,14-17,22H,7,11-13H2,1-6H3,(H,27,30)(H,26,28,31)/t16-,17-,22-/m0/s1. The number of hydrogen-bond acceptors (Lipinski definition) is 7. The number of carbonyl (C=O) groups excluding carboxylic acids is 2. The maximum atomic E-state index is 13.0. The van der Waals surface area contributed by atoms with Crippen LogP contribution in [0.4, 0.5) is 5.13 Å². The molecule has 3 atom stereocenters. The first kappa shape index (κ1) is 26.0. The molecule has 3 rings (SSSR count). The van der Waals surface area contributed by atoms with Gasteiger partial charge >= 0.3 is 0 Å². The molecule has 186 valence electrons. The second-order valence-corrected chi connectivity index (χ2v) is 10.4. The van der Waals surface area contributed by atoms with Gasteiger partial charge in [-0.05, 0) is 36.3 Å². The van der Waals surface area contributed by atoms with Crippen molar-refractivity contribution in [1.29, 1.82) is 0 Å². The maximum absolute atomic E-state index is 13.0. The Balaban J connectivity index is 1.64. The van der Waals surface area contributed by atoms with Gasteiger partial charge in [0.2, 0.25) is 5.91 Å². The molecule has 8 nitrogen and oxygen atoms in total. The minimum atomic E-state index is -0.721. The van der Waals surface area contributed by atoms with Crippen LogP contribution in [0, 0.1) is 17.8 Å². The monoisotopic (exact) mass is 488 g/mol. The summed E-state index contributed by atoms with van der Waals surface area (Å²) in [6.45, 7) is 11.3. The topological polar surface area (TPSA) is 92.8 Å². The normalized spacial score (nSPS) is 19.5. The number of carbonyl (C=O) groups is 2. The molecule has 1 saturated heterocycles. The van der Waals surface area contributed by atoms with Crippen molar-refractivity contribution in [3.63, 3.8) is 0 Å². The third-order valence-corrected chi connectivity index (χ3v) is 6.77. The molecule has 0 unspecified atom stereocenters. The number of nitrogens with one attached hydrogen (secondary N) is 2. The molecule has 0 radical (unpaired) electrons. The maximum Gasteiger partial charge on any atom is 0.252 e. The Kier molecular flexibility index (Phi) is 8.90. The SMILES string of the molecule is COc1cc(OC)cc(C(=O)N[C@H](C(=O)Nc2nc(CN3C[C@@H](C)C[C@H](C)C3)cs2)C(C)C)c1. The summed E-state index contributed by atoms with van der Waals surface area (Å²) in [5, 5.41) is 8.26. The fourth-order valence-corrected chi connectivity index (χ4v) is 5.17. The van der Waals surface area contributed by atoms with E-state index in [1.54, 1.807) is 18.2 Å². The number of nitrogens with zero attached hydrogens (tertiary/aromatic N) is 2. The van der Waals surface area contributed by atoms with E-state index in [4.69, 9.17) is 9.47 Å². The molecular weight excluding hydrogens is 452 g/mol. The van der Waals surface area contributed by atoms with Crippen LogP contribution in [0.1, 0.15) is 50.2 Å². The smallest absolute Gasteiger partial charge is 0.252 e. The minimum Gasteiger partial charge on any atom is -0.497 e. The van der Waals surface area contributed by atoms with Gasteiger partial charge in [-0.1, -0.05) is 27.7 Å². The number of piperidine rings is 1. The number of likely N-dealkylation sites (tertiary alicyclic amines) is 1. The Morgan fingerprint density at radius 2 is 1.74 bits per heavy atom. The van der Waals surface area contributed by atoms with Crippen LogP contribution < -0.4 is 20.1 Å². The quantitative estimate of drug-likeness (QED) is 0.554. The van der Waals surface area contributed by atoms with Gasteiger partial charge in [-0.25, -0.2) is 4.98 Å². The molecule has 2 heterocycles. The second-order valence-electron chi connectivity index (χ2n) is 9.57. The summed E-state index contributed by atoms with van der Waals surface area (Å²) in [6, 6.07) is 4.20. The van der Waals surface area contributed by atoms with E-state index in [0.29, 0.717) is 34.0 Å². The first-order valence-electron chi connectivity index (χ1n) is 11.7. The molecular formula is C25H36N4O4S. The fourth-order valence-electron chi connectivity index (χ4n) is 4.47. The Labute approximate surface area is 206 Å². The number of benzene rings is 1. The molecule has 1 aliphatic heterocycles. The lowest BCUT2D eigenvalue weighted by Gasteiger charge is -2.34. The van der Waals surface area contributed by atoms with Crippen LogP contribution in [0.5, 0.6) is 11.5 Å². The van der Waals surface area contributed by atoms with Crippen molar-refractivity contribution in [3.8, 4) is 11.5 Å². The van der Waals surface area contributed by atoms with Crippen LogP contribution in [0.15, 0.2) is 23.6 Å². The van der Waals surface area contributed by atoms with Crippen LogP contribution in [-0.2, 0) is 11.3 Å². The van der Waals surface area contributed by atoms with Crippen LogP contribution in [0.2, 0.25) is 0 Å².